The molecule has 4 rings (SSSR count). The van der Waals surface area contributed by atoms with Gasteiger partial charge in [-0.3, -0.25) is 10.1 Å². The van der Waals surface area contributed by atoms with Crippen LogP contribution >= 0.6 is 0 Å². The summed E-state index contributed by atoms with van der Waals surface area (Å²) in [7, 11) is 0. The summed E-state index contributed by atoms with van der Waals surface area (Å²) in [5.74, 6) is -0.0481. The van der Waals surface area contributed by atoms with Crippen molar-refractivity contribution in [2.45, 2.75) is 31.8 Å². The van der Waals surface area contributed by atoms with E-state index in [-0.39, 0.29) is 6.04 Å². The van der Waals surface area contributed by atoms with E-state index >= 15 is 0 Å². The van der Waals surface area contributed by atoms with E-state index in [1.54, 1.807) is 6.92 Å². The van der Waals surface area contributed by atoms with Gasteiger partial charge in [-0.05, 0) is 43.2 Å². The summed E-state index contributed by atoms with van der Waals surface area (Å²) in [6, 6.07) is 15.7. The zero-order valence-corrected chi connectivity index (χ0v) is 14.9. The molecular weight excluding hydrogens is 328 g/mol. The Morgan fingerprint density at radius 2 is 2.04 bits per heavy atom. The molecule has 0 saturated carbocycles. The van der Waals surface area contributed by atoms with Crippen molar-refractivity contribution in [3.8, 4) is 5.75 Å². The van der Waals surface area contributed by atoms with Gasteiger partial charge in [-0.15, -0.1) is 0 Å². The second-order valence-electron chi connectivity index (χ2n) is 6.96. The van der Waals surface area contributed by atoms with Gasteiger partial charge in [0.2, 0.25) is 0 Å². The van der Waals surface area contributed by atoms with Gasteiger partial charge in [-0.25, -0.2) is 0 Å². The molecule has 1 aromatic heterocycles. The average Bonchev–Trinajstić information content (AvgIpc) is 3.00. The molecule has 0 fully saturated rings. The molecule has 0 aliphatic carbocycles. The lowest BCUT2D eigenvalue weighted by Gasteiger charge is -2.37. The van der Waals surface area contributed by atoms with Crippen molar-refractivity contribution in [3.63, 3.8) is 0 Å². The SMILES string of the molecule is CCOc1ccc2[nH]c3c(c2c1)CC(C)(C(=O)O)NC3c1ccccc1. The van der Waals surface area contributed by atoms with E-state index < -0.39 is 11.5 Å². The van der Waals surface area contributed by atoms with E-state index in [2.05, 4.69) is 10.3 Å². The summed E-state index contributed by atoms with van der Waals surface area (Å²) in [4.78, 5) is 15.5. The first-order chi connectivity index (χ1) is 12.5. The van der Waals surface area contributed by atoms with Crippen LogP contribution in [0.15, 0.2) is 48.5 Å². The van der Waals surface area contributed by atoms with E-state index in [1.165, 1.54) is 0 Å². The van der Waals surface area contributed by atoms with Crippen molar-refractivity contribution in [1.82, 2.24) is 10.3 Å². The quantitative estimate of drug-likeness (QED) is 0.671. The maximum absolute atomic E-state index is 12.0. The number of carboxylic acids is 1. The van der Waals surface area contributed by atoms with Crippen molar-refractivity contribution < 1.29 is 14.6 Å². The molecule has 0 spiro atoms. The largest absolute Gasteiger partial charge is 0.494 e. The number of ether oxygens (including phenoxy) is 1. The summed E-state index contributed by atoms with van der Waals surface area (Å²) in [6.07, 6.45) is 0.413. The number of carboxylic acid groups (broad SMARTS) is 1. The smallest absolute Gasteiger partial charge is 0.323 e. The fourth-order valence-electron chi connectivity index (χ4n) is 3.77. The number of rotatable bonds is 4. The van der Waals surface area contributed by atoms with E-state index in [4.69, 9.17) is 4.74 Å². The second-order valence-corrected chi connectivity index (χ2v) is 6.96. The van der Waals surface area contributed by atoms with E-state index in [0.29, 0.717) is 13.0 Å². The lowest BCUT2D eigenvalue weighted by atomic mass is 9.83. The number of H-pyrrole nitrogens is 1. The fraction of sp³-hybridized carbons (Fsp3) is 0.286. The van der Waals surface area contributed by atoms with E-state index in [0.717, 1.165) is 33.5 Å². The zero-order chi connectivity index (χ0) is 18.3. The van der Waals surface area contributed by atoms with Crippen molar-refractivity contribution >= 4 is 16.9 Å². The monoisotopic (exact) mass is 350 g/mol. The highest BCUT2D eigenvalue weighted by Crippen LogP contribution is 2.39. The van der Waals surface area contributed by atoms with Gasteiger partial charge in [0.15, 0.2) is 0 Å². The number of aromatic amines is 1. The minimum Gasteiger partial charge on any atom is -0.494 e. The molecule has 5 heteroatoms. The number of nitrogens with one attached hydrogen (secondary N) is 2. The molecule has 2 aromatic carbocycles. The number of carbonyl (C=O) groups is 1. The zero-order valence-electron chi connectivity index (χ0n) is 14.9. The van der Waals surface area contributed by atoms with Gasteiger partial charge in [0.25, 0.3) is 0 Å². The van der Waals surface area contributed by atoms with Crippen molar-refractivity contribution in [2.24, 2.45) is 0 Å². The van der Waals surface area contributed by atoms with Crippen molar-refractivity contribution in [3.05, 3.63) is 65.4 Å². The number of aliphatic carboxylic acids is 1. The highest BCUT2D eigenvalue weighted by atomic mass is 16.5. The third-order valence-electron chi connectivity index (χ3n) is 5.11. The molecule has 0 amide bonds. The van der Waals surface area contributed by atoms with Gasteiger partial charge in [0.05, 0.1) is 12.6 Å². The molecular formula is C21H22N2O3. The summed E-state index contributed by atoms with van der Waals surface area (Å²) < 4.78 is 5.64. The van der Waals surface area contributed by atoms with Gasteiger partial charge < -0.3 is 14.8 Å². The third kappa shape index (κ3) is 2.65. The van der Waals surface area contributed by atoms with Gasteiger partial charge in [-0.1, -0.05) is 30.3 Å². The van der Waals surface area contributed by atoms with Crippen LogP contribution < -0.4 is 10.1 Å². The van der Waals surface area contributed by atoms with Crippen LogP contribution in [-0.2, 0) is 11.2 Å². The molecule has 0 saturated heterocycles. The van der Waals surface area contributed by atoms with Crippen LogP contribution in [0.2, 0.25) is 0 Å². The molecule has 3 aromatic rings. The lowest BCUT2D eigenvalue weighted by molar-refractivity contribution is -0.144. The molecule has 5 nitrogen and oxygen atoms in total. The van der Waals surface area contributed by atoms with Crippen molar-refractivity contribution in [2.75, 3.05) is 6.61 Å². The van der Waals surface area contributed by atoms with Crippen LogP contribution in [0.4, 0.5) is 0 Å². The van der Waals surface area contributed by atoms with Crippen LogP contribution in [0, 0.1) is 0 Å². The third-order valence-corrected chi connectivity index (χ3v) is 5.11. The predicted octanol–water partition coefficient (Wildman–Crippen LogP) is 3.65. The highest BCUT2D eigenvalue weighted by molar-refractivity contribution is 5.89. The van der Waals surface area contributed by atoms with Crippen LogP contribution in [0.3, 0.4) is 0 Å². The molecule has 26 heavy (non-hydrogen) atoms. The fourth-order valence-corrected chi connectivity index (χ4v) is 3.77. The Balaban J connectivity index is 1.92. The molecule has 2 atom stereocenters. The van der Waals surface area contributed by atoms with Gasteiger partial charge in [0, 0.05) is 23.0 Å². The summed E-state index contributed by atoms with van der Waals surface area (Å²) in [5, 5.41) is 14.2. The first kappa shape index (κ1) is 16.7. The second kappa shape index (κ2) is 6.18. The number of hydrogen-bond acceptors (Lipinski definition) is 3. The molecule has 2 heterocycles. The molecule has 1 aliphatic heterocycles. The maximum atomic E-state index is 12.0. The topological polar surface area (TPSA) is 74.4 Å². The number of hydrogen-bond donors (Lipinski definition) is 3. The Hall–Kier alpha value is -2.79. The van der Waals surface area contributed by atoms with Crippen LogP contribution in [-0.4, -0.2) is 28.2 Å². The molecule has 3 N–H and O–H groups in total. The molecule has 134 valence electrons. The standard InChI is InChI=1S/C21H22N2O3/c1-3-26-14-9-10-17-15(11-14)16-12-21(2,20(24)25)23-18(19(16)22-17)13-7-5-4-6-8-13/h4-11,18,22-23H,3,12H2,1-2H3,(H,24,25). The highest BCUT2D eigenvalue weighted by Gasteiger charge is 2.42. The van der Waals surface area contributed by atoms with E-state index in [9.17, 15) is 9.90 Å². The number of aromatic nitrogens is 1. The molecule has 0 bridgehead atoms. The average molecular weight is 350 g/mol. The van der Waals surface area contributed by atoms with Gasteiger partial charge >= 0.3 is 5.97 Å². The maximum Gasteiger partial charge on any atom is 0.323 e. The van der Waals surface area contributed by atoms with Crippen LogP contribution in [0.25, 0.3) is 10.9 Å². The first-order valence-corrected chi connectivity index (χ1v) is 8.85. The van der Waals surface area contributed by atoms with Crippen LogP contribution in [0.1, 0.15) is 36.7 Å². The van der Waals surface area contributed by atoms with Crippen LogP contribution in [0.5, 0.6) is 5.75 Å². The molecule has 2 unspecified atom stereocenters. The Kier molecular flexibility index (Phi) is 3.96. The van der Waals surface area contributed by atoms with Gasteiger partial charge in [0.1, 0.15) is 11.3 Å². The molecule has 0 radical (unpaired) electrons. The Morgan fingerprint density at radius 1 is 1.27 bits per heavy atom. The van der Waals surface area contributed by atoms with Crippen molar-refractivity contribution in [1.29, 1.82) is 0 Å². The number of fused-ring (bicyclic) bond motifs is 3. The van der Waals surface area contributed by atoms with Gasteiger partial charge in [-0.2, -0.15) is 0 Å². The Morgan fingerprint density at radius 3 is 2.73 bits per heavy atom. The minimum atomic E-state index is -1.04. The minimum absolute atomic E-state index is 0.205. The predicted molar refractivity (Wildman–Crippen MR) is 101 cm³/mol. The van der Waals surface area contributed by atoms with E-state index in [1.807, 2.05) is 55.5 Å². The molecule has 1 aliphatic rings. The summed E-state index contributed by atoms with van der Waals surface area (Å²) >= 11 is 0. The summed E-state index contributed by atoms with van der Waals surface area (Å²) in [5.41, 5.74) is 3.07. The Bertz CT molecular complexity index is 964. The summed E-state index contributed by atoms with van der Waals surface area (Å²) in [6.45, 7) is 4.30. The Labute approximate surface area is 152 Å². The first-order valence-electron chi connectivity index (χ1n) is 8.85. The lowest BCUT2D eigenvalue weighted by Crippen LogP contribution is -2.55. The number of benzene rings is 2. The normalized spacial score (nSPS) is 22.2.